The fourth-order valence-corrected chi connectivity index (χ4v) is 3.24. The van der Waals surface area contributed by atoms with Crippen molar-refractivity contribution in [2.45, 2.75) is 23.9 Å². The number of hydrogen-bond donors (Lipinski definition) is 1. The van der Waals surface area contributed by atoms with Gasteiger partial charge in [-0.2, -0.15) is 13.2 Å². The molecule has 5 nitrogen and oxygen atoms in total. The van der Waals surface area contributed by atoms with Crippen molar-refractivity contribution in [2.75, 3.05) is 6.54 Å². The van der Waals surface area contributed by atoms with Crippen LogP contribution in [0.2, 0.25) is 0 Å². The van der Waals surface area contributed by atoms with Gasteiger partial charge in [0.2, 0.25) is 0 Å². The van der Waals surface area contributed by atoms with Gasteiger partial charge in [0.15, 0.2) is 0 Å². The summed E-state index contributed by atoms with van der Waals surface area (Å²) in [6.07, 6.45) is 0. The lowest BCUT2D eigenvalue weighted by Gasteiger charge is -2.20. The van der Waals surface area contributed by atoms with Crippen LogP contribution in [0.15, 0.2) is 58.2 Å². The van der Waals surface area contributed by atoms with Crippen LogP contribution in [0.3, 0.4) is 0 Å². The first-order chi connectivity index (χ1) is 13.3. The smallest absolute Gasteiger partial charge is 0.331 e. The average Bonchev–Trinajstić information content (AvgIpc) is 2.65. The molecule has 0 atom stereocenters. The van der Waals surface area contributed by atoms with Crippen LogP contribution < -0.4 is 5.56 Å². The largest absolute Gasteiger partial charge is 0.446 e. The normalized spacial score (nSPS) is 11.6. The van der Waals surface area contributed by atoms with E-state index >= 15 is 0 Å². The second-order valence-corrected chi connectivity index (χ2v) is 7.06. The summed E-state index contributed by atoms with van der Waals surface area (Å²) in [5.41, 5.74) is -3.89. The molecule has 0 saturated heterocycles. The van der Waals surface area contributed by atoms with Crippen molar-refractivity contribution < 1.29 is 18.0 Å². The predicted molar refractivity (Wildman–Crippen MR) is 101 cm³/mol. The Morgan fingerprint density at radius 2 is 1.82 bits per heavy atom. The highest BCUT2D eigenvalue weighted by molar-refractivity contribution is 8.00. The van der Waals surface area contributed by atoms with E-state index in [1.165, 1.54) is 29.2 Å². The summed E-state index contributed by atoms with van der Waals surface area (Å²) < 4.78 is 37.3. The lowest BCUT2D eigenvalue weighted by molar-refractivity contribution is -0.0328. The van der Waals surface area contributed by atoms with Crippen LogP contribution in [0.25, 0.3) is 10.9 Å². The zero-order chi connectivity index (χ0) is 20.3. The van der Waals surface area contributed by atoms with Gasteiger partial charge in [-0.15, -0.1) is 0 Å². The van der Waals surface area contributed by atoms with E-state index in [1.807, 2.05) is 0 Å². The van der Waals surface area contributed by atoms with Crippen LogP contribution in [0.1, 0.15) is 23.1 Å². The number of alkyl halides is 3. The molecule has 3 rings (SSSR count). The molecule has 0 unspecified atom stereocenters. The maximum atomic E-state index is 12.7. The Morgan fingerprint density at radius 1 is 1.14 bits per heavy atom. The van der Waals surface area contributed by atoms with Crippen LogP contribution in [0.4, 0.5) is 13.2 Å². The first-order valence-electron chi connectivity index (χ1n) is 8.40. The highest BCUT2D eigenvalue weighted by Gasteiger charge is 2.29. The van der Waals surface area contributed by atoms with E-state index in [1.54, 1.807) is 31.2 Å². The van der Waals surface area contributed by atoms with Crippen LogP contribution in [0, 0.1) is 0 Å². The molecule has 1 heterocycles. The minimum Gasteiger partial charge on any atom is -0.331 e. The third-order valence-corrected chi connectivity index (χ3v) is 4.75. The van der Waals surface area contributed by atoms with Crippen LogP contribution >= 0.6 is 11.8 Å². The van der Waals surface area contributed by atoms with E-state index in [0.29, 0.717) is 23.3 Å². The summed E-state index contributed by atoms with van der Waals surface area (Å²) in [7, 11) is 0. The molecular formula is C19H16F3N3O2S. The molecule has 0 bridgehead atoms. The number of carbonyl (C=O) groups excluding carboxylic acids is 1. The van der Waals surface area contributed by atoms with Crippen molar-refractivity contribution in [2.24, 2.45) is 0 Å². The molecule has 28 heavy (non-hydrogen) atoms. The van der Waals surface area contributed by atoms with Crippen molar-refractivity contribution in [1.82, 2.24) is 14.9 Å². The van der Waals surface area contributed by atoms with E-state index < -0.39 is 5.51 Å². The zero-order valence-corrected chi connectivity index (χ0v) is 15.6. The molecule has 0 fully saturated rings. The average molecular weight is 407 g/mol. The van der Waals surface area contributed by atoms with Crippen molar-refractivity contribution in [3.63, 3.8) is 0 Å². The van der Waals surface area contributed by atoms with Crippen LogP contribution in [-0.2, 0) is 6.54 Å². The monoisotopic (exact) mass is 407 g/mol. The van der Waals surface area contributed by atoms with Crippen molar-refractivity contribution >= 4 is 28.6 Å². The second kappa shape index (κ2) is 8.05. The zero-order valence-electron chi connectivity index (χ0n) is 14.8. The fraction of sp³-hybridized carbons (Fsp3) is 0.211. The van der Waals surface area contributed by atoms with Gasteiger partial charge in [-0.3, -0.25) is 9.59 Å². The van der Waals surface area contributed by atoms with Gasteiger partial charge < -0.3 is 9.88 Å². The van der Waals surface area contributed by atoms with E-state index in [2.05, 4.69) is 9.97 Å². The first-order valence-corrected chi connectivity index (χ1v) is 9.21. The highest BCUT2D eigenvalue weighted by atomic mass is 32.2. The molecule has 0 aliphatic heterocycles. The number of thioether (sulfide) groups is 1. The number of benzene rings is 2. The summed E-state index contributed by atoms with van der Waals surface area (Å²) in [5.74, 6) is -0.0231. The van der Waals surface area contributed by atoms with Gasteiger partial charge >= 0.3 is 5.51 Å². The lowest BCUT2D eigenvalue weighted by Crippen LogP contribution is -2.32. The molecule has 0 aliphatic rings. The Kier molecular flexibility index (Phi) is 5.73. The van der Waals surface area contributed by atoms with Gasteiger partial charge in [-0.1, -0.05) is 12.1 Å². The molecule has 0 saturated carbocycles. The molecule has 9 heteroatoms. The molecule has 0 radical (unpaired) electrons. The number of hydrogen-bond acceptors (Lipinski definition) is 4. The van der Waals surface area contributed by atoms with Gasteiger partial charge in [-0.25, -0.2) is 4.98 Å². The van der Waals surface area contributed by atoms with E-state index in [9.17, 15) is 22.8 Å². The SMILES string of the molecule is CCN(Cc1nc2ccccc2c(=O)[nH]1)C(=O)c1ccc(SC(F)(F)F)cc1. The standard InChI is InChI=1S/C19H16F3N3O2S/c1-2-25(11-16-23-15-6-4-3-5-14(15)17(26)24-16)18(27)12-7-9-13(10-8-12)28-19(20,21)22/h3-10H,2,11H2,1H3,(H,23,24,26). The number of nitrogens with one attached hydrogen (secondary N) is 1. The second-order valence-electron chi connectivity index (χ2n) is 5.92. The number of carbonyl (C=O) groups is 1. The number of para-hydroxylation sites is 1. The number of fused-ring (bicyclic) bond motifs is 1. The summed E-state index contributed by atoms with van der Waals surface area (Å²) in [5, 5.41) is 0.457. The number of aromatic nitrogens is 2. The van der Waals surface area contributed by atoms with Crippen LogP contribution in [-0.4, -0.2) is 32.8 Å². The number of rotatable bonds is 5. The summed E-state index contributed by atoms with van der Waals surface area (Å²) >= 11 is -0.234. The van der Waals surface area contributed by atoms with Crippen molar-refractivity contribution in [1.29, 1.82) is 0 Å². The molecule has 1 N–H and O–H groups in total. The Labute approximate surface area is 162 Å². The summed E-state index contributed by atoms with van der Waals surface area (Å²) in [6.45, 7) is 2.19. The molecular weight excluding hydrogens is 391 g/mol. The van der Waals surface area contributed by atoms with Gasteiger partial charge in [0.05, 0.1) is 17.4 Å². The fourth-order valence-electron chi connectivity index (χ4n) is 2.70. The summed E-state index contributed by atoms with van der Waals surface area (Å²) in [6, 6.07) is 12.1. The summed E-state index contributed by atoms with van der Waals surface area (Å²) in [4.78, 5) is 33.4. The minimum atomic E-state index is -4.38. The maximum Gasteiger partial charge on any atom is 0.446 e. The van der Waals surface area contributed by atoms with Gasteiger partial charge in [0, 0.05) is 17.0 Å². The van der Waals surface area contributed by atoms with Crippen molar-refractivity contribution in [3.8, 4) is 0 Å². The lowest BCUT2D eigenvalue weighted by atomic mass is 10.2. The molecule has 146 valence electrons. The van der Waals surface area contributed by atoms with Crippen molar-refractivity contribution in [3.05, 3.63) is 70.3 Å². The van der Waals surface area contributed by atoms with Gasteiger partial charge in [0.25, 0.3) is 11.5 Å². The van der Waals surface area contributed by atoms with Gasteiger partial charge in [0.1, 0.15) is 5.82 Å². The number of H-pyrrole nitrogens is 1. The Morgan fingerprint density at radius 3 is 2.46 bits per heavy atom. The molecule has 1 amide bonds. The van der Waals surface area contributed by atoms with E-state index in [-0.39, 0.29) is 40.2 Å². The van der Waals surface area contributed by atoms with E-state index in [0.717, 1.165) is 0 Å². The quantitative estimate of drug-likeness (QED) is 0.644. The number of halogens is 3. The highest BCUT2D eigenvalue weighted by Crippen LogP contribution is 2.36. The Hall–Kier alpha value is -2.81. The Balaban J connectivity index is 1.79. The molecule has 0 aliphatic carbocycles. The van der Waals surface area contributed by atoms with Crippen LogP contribution in [0.5, 0.6) is 0 Å². The predicted octanol–water partition coefficient (Wildman–Crippen LogP) is 4.20. The first kappa shape index (κ1) is 19.9. The molecule has 1 aromatic heterocycles. The van der Waals surface area contributed by atoms with E-state index in [4.69, 9.17) is 0 Å². The number of amides is 1. The third-order valence-electron chi connectivity index (χ3n) is 4.01. The molecule has 0 spiro atoms. The Bertz CT molecular complexity index is 1050. The topological polar surface area (TPSA) is 66.1 Å². The maximum absolute atomic E-state index is 12.7. The van der Waals surface area contributed by atoms with Gasteiger partial charge in [-0.05, 0) is 55.1 Å². The number of aromatic amines is 1. The number of nitrogens with zero attached hydrogens (tertiary/aromatic N) is 2. The minimum absolute atomic E-state index is 0.00706. The molecule has 2 aromatic carbocycles. The third kappa shape index (κ3) is 4.72. The molecule has 3 aromatic rings.